The van der Waals surface area contributed by atoms with E-state index in [4.69, 9.17) is 10.5 Å². The number of methoxy groups -OCH3 is 1. The molecule has 0 spiro atoms. The minimum atomic E-state index is -0.595. The summed E-state index contributed by atoms with van der Waals surface area (Å²) in [7, 11) is 1.33. The van der Waals surface area contributed by atoms with Crippen LogP contribution < -0.4 is 21.1 Å². The zero-order valence-electron chi connectivity index (χ0n) is 19.9. The summed E-state index contributed by atoms with van der Waals surface area (Å²) in [6, 6.07) is 5.91. The predicted octanol–water partition coefficient (Wildman–Crippen LogP) is 1.83. The molecule has 5 rings (SSSR count). The van der Waals surface area contributed by atoms with Crippen molar-refractivity contribution in [3.05, 3.63) is 53.7 Å². The fraction of sp³-hybridized carbons (Fsp3) is 0.280. The van der Waals surface area contributed by atoms with Gasteiger partial charge in [0, 0.05) is 49.4 Å². The number of aromatic amines is 1. The summed E-state index contributed by atoms with van der Waals surface area (Å²) >= 11 is 0. The van der Waals surface area contributed by atoms with E-state index in [0.717, 1.165) is 0 Å². The lowest BCUT2D eigenvalue weighted by molar-refractivity contribution is -0.142. The number of fused-ring (bicyclic) bond motifs is 1. The fourth-order valence-corrected chi connectivity index (χ4v) is 4.72. The summed E-state index contributed by atoms with van der Waals surface area (Å²) in [6.45, 7) is 0.746. The van der Waals surface area contributed by atoms with E-state index in [1.54, 1.807) is 17.0 Å². The van der Waals surface area contributed by atoms with Crippen LogP contribution in [-0.2, 0) is 9.59 Å². The lowest BCUT2D eigenvalue weighted by Gasteiger charge is -2.38. The Morgan fingerprint density at radius 1 is 1.32 bits per heavy atom. The number of rotatable bonds is 7. The quantitative estimate of drug-likeness (QED) is 0.325. The Kier molecular flexibility index (Phi) is 6.15. The number of likely N-dealkylation sites (tertiary alicyclic amines) is 1. The van der Waals surface area contributed by atoms with Crippen molar-refractivity contribution in [2.45, 2.75) is 12.3 Å². The largest absolute Gasteiger partial charge is 0.506 e. The van der Waals surface area contributed by atoms with Crippen LogP contribution >= 0.6 is 0 Å². The Morgan fingerprint density at radius 2 is 2.11 bits per heavy atom. The smallest absolute Gasteiger partial charge is 0.255 e. The minimum Gasteiger partial charge on any atom is -0.506 e. The first-order valence-corrected chi connectivity index (χ1v) is 11.6. The Hall–Kier alpha value is -4.61. The number of H-pyrrole nitrogens is 1. The first-order chi connectivity index (χ1) is 17.8. The van der Waals surface area contributed by atoms with Crippen LogP contribution in [0.1, 0.15) is 28.4 Å². The molecule has 192 valence electrons. The molecular formula is C25H25FN6O5. The molecule has 1 aromatic carbocycles. The summed E-state index contributed by atoms with van der Waals surface area (Å²) in [5.74, 6) is -2.56. The van der Waals surface area contributed by atoms with Crippen molar-refractivity contribution in [1.82, 2.24) is 20.2 Å². The average Bonchev–Trinajstić information content (AvgIpc) is 3.20. The molecule has 0 bridgehead atoms. The van der Waals surface area contributed by atoms with Crippen LogP contribution in [0.5, 0.6) is 11.5 Å². The SMILES string of the molecule is COc1c(F)cccc1Nc1c(-c2ccncc2O)[nH]c2c1C(=O)NCC2CC(=O)N1CC(C(N)=O)C1. The van der Waals surface area contributed by atoms with E-state index in [9.17, 15) is 23.9 Å². The molecule has 0 aliphatic carbocycles. The molecule has 2 aliphatic rings. The second-order valence-corrected chi connectivity index (χ2v) is 9.01. The molecule has 3 aromatic rings. The van der Waals surface area contributed by atoms with E-state index in [1.165, 1.54) is 31.6 Å². The van der Waals surface area contributed by atoms with Gasteiger partial charge in [0.2, 0.25) is 11.8 Å². The Labute approximate surface area is 210 Å². The molecule has 12 heteroatoms. The number of aromatic nitrogens is 2. The number of hydrogen-bond acceptors (Lipinski definition) is 7. The van der Waals surface area contributed by atoms with Gasteiger partial charge in [-0.3, -0.25) is 19.4 Å². The van der Waals surface area contributed by atoms with Gasteiger partial charge < -0.3 is 36.1 Å². The maximum atomic E-state index is 14.4. The van der Waals surface area contributed by atoms with Gasteiger partial charge in [-0.1, -0.05) is 6.07 Å². The van der Waals surface area contributed by atoms with Crippen LogP contribution in [0.25, 0.3) is 11.3 Å². The number of carbonyl (C=O) groups excluding carboxylic acids is 3. The highest BCUT2D eigenvalue weighted by Gasteiger charge is 2.38. The molecule has 1 unspecified atom stereocenters. The van der Waals surface area contributed by atoms with Gasteiger partial charge in [-0.25, -0.2) is 4.39 Å². The van der Waals surface area contributed by atoms with E-state index in [-0.39, 0.29) is 66.3 Å². The lowest BCUT2D eigenvalue weighted by atomic mass is 9.91. The van der Waals surface area contributed by atoms with Crippen molar-refractivity contribution in [2.75, 3.05) is 32.1 Å². The molecule has 0 radical (unpaired) electrons. The van der Waals surface area contributed by atoms with E-state index in [1.807, 2.05) is 0 Å². The number of aromatic hydroxyl groups is 1. The summed E-state index contributed by atoms with van der Waals surface area (Å²) in [5.41, 5.74) is 7.31. The van der Waals surface area contributed by atoms with Gasteiger partial charge in [-0.05, 0) is 18.2 Å². The number of ether oxygens (including phenoxy) is 1. The molecule has 11 nitrogen and oxygen atoms in total. The third-order valence-electron chi connectivity index (χ3n) is 6.73. The number of nitrogens with two attached hydrogens (primary N) is 1. The third kappa shape index (κ3) is 4.30. The number of carbonyl (C=O) groups is 3. The van der Waals surface area contributed by atoms with Gasteiger partial charge in [0.1, 0.15) is 5.75 Å². The van der Waals surface area contributed by atoms with Gasteiger partial charge >= 0.3 is 0 Å². The number of anilines is 2. The molecule has 1 saturated heterocycles. The van der Waals surface area contributed by atoms with E-state index in [0.29, 0.717) is 17.0 Å². The molecule has 0 saturated carbocycles. The van der Waals surface area contributed by atoms with Crippen LogP contribution in [-0.4, -0.2) is 64.4 Å². The molecule has 1 atom stereocenters. The second kappa shape index (κ2) is 9.45. The van der Waals surface area contributed by atoms with Gasteiger partial charge in [-0.15, -0.1) is 0 Å². The van der Waals surface area contributed by atoms with Crippen LogP contribution in [0.3, 0.4) is 0 Å². The third-order valence-corrected chi connectivity index (χ3v) is 6.73. The van der Waals surface area contributed by atoms with Crippen molar-refractivity contribution in [3.63, 3.8) is 0 Å². The lowest BCUT2D eigenvalue weighted by Crippen LogP contribution is -2.55. The van der Waals surface area contributed by atoms with Crippen molar-refractivity contribution in [1.29, 1.82) is 0 Å². The Morgan fingerprint density at radius 3 is 2.81 bits per heavy atom. The van der Waals surface area contributed by atoms with Crippen LogP contribution in [0.4, 0.5) is 15.8 Å². The number of primary amides is 1. The number of amides is 3. The number of nitrogens with zero attached hydrogens (tertiary/aromatic N) is 2. The summed E-state index contributed by atoms with van der Waals surface area (Å²) < 4.78 is 19.6. The fourth-order valence-electron chi connectivity index (χ4n) is 4.72. The average molecular weight is 509 g/mol. The molecule has 6 N–H and O–H groups in total. The minimum absolute atomic E-state index is 0.0490. The number of halogens is 1. The number of para-hydroxylation sites is 1. The van der Waals surface area contributed by atoms with Gasteiger partial charge in [0.05, 0.1) is 41.9 Å². The maximum Gasteiger partial charge on any atom is 0.255 e. The van der Waals surface area contributed by atoms with Crippen LogP contribution in [0.2, 0.25) is 0 Å². The number of nitrogens with one attached hydrogen (secondary N) is 3. The highest BCUT2D eigenvalue weighted by atomic mass is 19.1. The van der Waals surface area contributed by atoms with Crippen molar-refractivity contribution < 1.29 is 28.6 Å². The Balaban J connectivity index is 1.56. The normalized spacial score (nSPS) is 17.0. The van der Waals surface area contributed by atoms with Gasteiger partial charge in [-0.2, -0.15) is 0 Å². The molecule has 2 aliphatic heterocycles. The predicted molar refractivity (Wildman–Crippen MR) is 131 cm³/mol. The van der Waals surface area contributed by atoms with Crippen molar-refractivity contribution >= 4 is 29.1 Å². The first kappa shape index (κ1) is 24.1. The number of hydrogen-bond donors (Lipinski definition) is 5. The molecule has 3 amide bonds. The maximum absolute atomic E-state index is 14.4. The van der Waals surface area contributed by atoms with Crippen molar-refractivity contribution in [2.24, 2.45) is 11.7 Å². The van der Waals surface area contributed by atoms with E-state index in [2.05, 4.69) is 20.6 Å². The first-order valence-electron chi connectivity index (χ1n) is 11.6. The Bertz CT molecular complexity index is 1400. The van der Waals surface area contributed by atoms with Gasteiger partial charge in [0.25, 0.3) is 5.91 Å². The standard InChI is InChI=1S/C25H25FN6O5/c1-37-23-15(26)3-2-4-16(23)30-22-19-20(31-21(22)14-5-6-28-9-17(14)33)12(8-29-25(19)36)7-18(34)32-10-13(11-32)24(27)35/h2-6,9,12-13,30-31,33H,7-8,10-11H2,1H3,(H2,27,35)(H,29,36). The molecule has 4 heterocycles. The topological polar surface area (TPSA) is 163 Å². The van der Waals surface area contributed by atoms with Crippen molar-refractivity contribution in [3.8, 4) is 22.8 Å². The summed E-state index contributed by atoms with van der Waals surface area (Å²) in [4.78, 5) is 46.0. The molecular weight excluding hydrogens is 483 g/mol. The zero-order chi connectivity index (χ0) is 26.3. The molecule has 1 fully saturated rings. The van der Waals surface area contributed by atoms with E-state index >= 15 is 0 Å². The second-order valence-electron chi connectivity index (χ2n) is 9.01. The van der Waals surface area contributed by atoms with E-state index < -0.39 is 23.5 Å². The van der Waals surface area contributed by atoms with Gasteiger partial charge in [0.15, 0.2) is 11.6 Å². The zero-order valence-corrected chi connectivity index (χ0v) is 19.9. The highest BCUT2D eigenvalue weighted by molar-refractivity contribution is 6.07. The number of pyridine rings is 1. The van der Waals surface area contributed by atoms with Crippen LogP contribution in [0.15, 0.2) is 36.7 Å². The molecule has 2 aromatic heterocycles. The van der Waals surface area contributed by atoms with Crippen LogP contribution in [0, 0.1) is 11.7 Å². The number of benzene rings is 1. The monoisotopic (exact) mass is 508 g/mol. The highest BCUT2D eigenvalue weighted by Crippen LogP contribution is 2.44. The molecule has 37 heavy (non-hydrogen) atoms. The summed E-state index contributed by atoms with van der Waals surface area (Å²) in [6.07, 6.45) is 2.83. The summed E-state index contributed by atoms with van der Waals surface area (Å²) in [5, 5.41) is 16.4.